The highest BCUT2D eigenvalue weighted by molar-refractivity contribution is 14.0. The van der Waals surface area contributed by atoms with E-state index >= 15 is 0 Å². The standard InChI is InChI=1S/C20H32N4O2.HI/c1-5-26-20(25)24-12-9-18(10-13-24)23-19(21-4)22-11-8-17-7-6-15(2)14-16(17)3;/h6-7,14,18H,5,8-13H2,1-4H3,(H2,21,22,23);1H. The second-order valence-electron chi connectivity index (χ2n) is 6.78. The normalized spacial score (nSPS) is 15.1. The molecule has 0 spiro atoms. The van der Waals surface area contributed by atoms with Crippen LogP contribution in [0.3, 0.4) is 0 Å². The van der Waals surface area contributed by atoms with Crippen molar-refractivity contribution in [1.82, 2.24) is 15.5 Å². The third-order valence-corrected chi connectivity index (χ3v) is 4.77. The van der Waals surface area contributed by atoms with Gasteiger partial charge < -0.3 is 20.3 Å². The van der Waals surface area contributed by atoms with Crippen LogP contribution < -0.4 is 10.6 Å². The molecule has 0 atom stereocenters. The molecular formula is C20H33IN4O2. The van der Waals surface area contributed by atoms with E-state index < -0.39 is 0 Å². The highest BCUT2D eigenvalue weighted by atomic mass is 127. The van der Waals surface area contributed by atoms with Crippen LogP contribution >= 0.6 is 24.0 Å². The van der Waals surface area contributed by atoms with E-state index in [9.17, 15) is 4.79 Å². The fourth-order valence-electron chi connectivity index (χ4n) is 3.25. The zero-order valence-electron chi connectivity index (χ0n) is 16.9. The Labute approximate surface area is 180 Å². The van der Waals surface area contributed by atoms with Crippen LogP contribution in [0.4, 0.5) is 4.79 Å². The van der Waals surface area contributed by atoms with Gasteiger partial charge in [0, 0.05) is 32.7 Å². The van der Waals surface area contributed by atoms with Gasteiger partial charge in [-0.25, -0.2) is 4.79 Å². The van der Waals surface area contributed by atoms with Crippen molar-refractivity contribution >= 4 is 36.0 Å². The van der Waals surface area contributed by atoms with E-state index in [0.717, 1.165) is 44.9 Å². The van der Waals surface area contributed by atoms with E-state index in [0.29, 0.717) is 12.6 Å². The van der Waals surface area contributed by atoms with Crippen molar-refractivity contribution in [2.24, 2.45) is 4.99 Å². The zero-order chi connectivity index (χ0) is 18.9. The number of benzene rings is 1. The van der Waals surface area contributed by atoms with Crippen LogP contribution in [0, 0.1) is 13.8 Å². The molecule has 0 aromatic heterocycles. The number of rotatable bonds is 5. The summed E-state index contributed by atoms with van der Waals surface area (Å²) in [5.74, 6) is 0.823. The second-order valence-corrected chi connectivity index (χ2v) is 6.78. The van der Waals surface area contributed by atoms with E-state index in [1.54, 1.807) is 11.9 Å². The highest BCUT2D eigenvalue weighted by Gasteiger charge is 2.23. The summed E-state index contributed by atoms with van der Waals surface area (Å²) in [4.78, 5) is 17.9. The lowest BCUT2D eigenvalue weighted by Gasteiger charge is -2.32. The van der Waals surface area contributed by atoms with Crippen molar-refractivity contribution in [1.29, 1.82) is 0 Å². The smallest absolute Gasteiger partial charge is 0.409 e. The molecule has 1 fully saturated rings. The Morgan fingerprint density at radius 3 is 2.59 bits per heavy atom. The number of aryl methyl sites for hydroxylation is 2. The lowest BCUT2D eigenvalue weighted by molar-refractivity contribution is 0.0963. The van der Waals surface area contributed by atoms with E-state index in [2.05, 4.69) is 47.7 Å². The van der Waals surface area contributed by atoms with Crippen molar-refractivity contribution in [2.75, 3.05) is 33.3 Å². The van der Waals surface area contributed by atoms with Crippen molar-refractivity contribution < 1.29 is 9.53 Å². The molecule has 1 aromatic carbocycles. The number of piperidine rings is 1. The summed E-state index contributed by atoms with van der Waals surface area (Å²) in [7, 11) is 1.79. The number of carbonyl (C=O) groups is 1. The van der Waals surface area contributed by atoms with Crippen LogP contribution in [0.25, 0.3) is 0 Å². The number of carbonyl (C=O) groups excluding carboxylic acids is 1. The summed E-state index contributed by atoms with van der Waals surface area (Å²) in [6.07, 6.45) is 2.56. The average Bonchev–Trinajstić information content (AvgIpc) is 2.63. The maximum absolute atomic E-state index is 11.8. The first kappa shape index (κ1) is 23.5. The van der Waals surface area contributed by atoms with E-state index in [4.69, 9.17) is 4.74 Å². The van der Waals surface area contributed by atoms with E-state index in [-0.39, 0.29) is 30.1 Å². The molecule has 1 saturated heterocycles. The summed E-state index contributed by atoms with van der Waals surface area (Å²) in [5, 5.41) is 6.86. The highest BCUT2D eigenvalue weighted by Crippen LogP contribution is 2.12. The lowest BCUT2D eigenvalue weighted by Crippen LogP contribution is -2.50. The second kappa shape index (κ2) is 12.0. The summed E-state index contributed by atoms with van der Waals surface area (Å²) in [5.41, 5.74) is 3.99. The predicted molar refractivity (Wildman–Crippen MR) is 121 cm³/mol. The molecule has 27 heavy (non-hydrogen) atoms. The number of hydrogen-bond donors (Lipinski definition) is 2. The molecule has 1 aromatic rings. The SMILES string of the molecule is CCOC(=O)N1CCC(NC(=NC)NCCc2ccc(C)cc2C)CC1.I. The molecule has 1 aliphatic rings. The molecule has 0 bridgehead atoms. The Kier molecular flexibility index (Phi) is 10.5. The fraction of sp³-hybridized carbons (Fsp3) is 0.600. The summed E-state index contributed by atoms with van der Waals surface area (Å²) >= 11 is 0. The van der Waals surface area contributed by atoms with Crippen LogP contribution in [0.15, 0.2) is 23.2 Å². The van der Waals surface area contributed by atoms with Gasteiger partial charge in [0.25, 0.3) is 0 Å². The van der Waals surface area contributed by atoms with Crippen molar-refractivity contribution in [3.63, 3.8) is 0 Å². The van der Waals surface area contributed by atoms with E-state index in [1.807, 2.05) is 6.92 Å². The Balaban J connectivity index is 0.00000364. The summed E-state index contributed by atoms with van der Waals surface area (Å²) < 4.78 is 5.06. The molecule has 0 radical (unpaired) electrons. The summed E-state index contributed by atoms with van der Waals surface area (Å²) in [6.45, 7) is 8.81. The molecule has 0 unspecified atom stereocenters. The predicted octanol–water partition coefficient (Wildman–Crippen LogP) is 3.25. The number of amides is 1. The molecule has 6 nitrogen and oxygen atoms in total. The zero-order valence-corrected chi connectivity index (χ0v) is 19.2. The molecule has 1 amide bonds. The first-order chi connectivity index (χ1) is 12.5. The molecule has 152 valence electrons. The number of ether oxygens (including phenoxy) is 1. The van der Waals surface area contributed by atoms with E-state index in [1.165, 1.54) is 16.7 Å². The van der Waals surface area contributed by atoms with Crippen LogP contribution in [0.2, 0.25) is 0 Å². The minimum Gasteiger partial charge on any atom is -0.450 e. The van der Waals surface area contributed by atoms with Crippen LogP contribution in [0.1, 0.15) is 36.5 Å². The number of halogens is 1. The van der Waals surface area contributed by atoms with Gasteiger partial charge in [0.15, 0.2) is 5.96 Å². The largest absolute Gasteiger partial charge is 0.450 e. The maximum atomic E-state index is 11.8. The molecule has 0 aliphatic carbocycles. The fourth-order valence-corrected chi connectivity index (χ4v) is 3.25. The van der Waals surface area contributed by atoms with Crippen LogP contribution in [0.5, 0.6) is 0 Å². The van der Waals surface area contributed by atoms with Gasteiger partial charge in [-0.05, 0) is 51.2 Å². The van der Waals surface area contributed by atoms with Crippen molar-refractivity contribution in [2.45, 2.75) is 46.1 Å². The van der Waals surface area contributed by atoms with Gasteiger partial charge in [-0.2, -0.15) is 0 Å². The maximum Gasteiger partial charge on any atom is 0.409 e. The molecule has 1 heterocycles. The first-order valence-electron chi connectivity index (χ1n) is 9.48. The van der Waals surface area contributed by atoms with Crippen LogP contribution in [-0.2, 0) is 11.2 Å². The number of aliphatic imine (C=N–C) groups is 1. The van der Waals surface area contributed by atoms with Crippen molar-refractivity contribution in [3.8, 4) is 0 Å². The van der Waals surface area contributed by atoms with Gasteiger partial charge in [0.05, 0.1) is 6.61 Å². The third kappa shape index (κ3) is 7.56. The number of guanidine groups is 1. The van der Waals surface area contributed by atoms with Gasteiger partial charge in [-0.3, -0.25) is 4.99 Å². The molecule has 2 N–H and O–H groups in total. The Hall–Kier alpha value is -1.51. The topological polar surface area (TPSA) is 66.0 Å². The lowest BCUT2D eigenvalue weighted by atomic mass is 10.0. The van der Waals surface area contributed by atoms with Gasteiger partial charge >= 0.3 is 6.09 Å². The molecule has 7 heteroatoms. The van der Waals surface area contributed by atoms with Gasteiger partial charge in [0.1, 0.15) is 0 Å². The molecule has 0 saturated carbocycles. The summed E-state index contributed by atoms with van der Waals surface area (Å²) in [6, 6.07) is 6.91. The number of nitrogens with one attached hydrogen (secondary N) is 2. The van der Waals surface area contributed by atoms with Gasteiger partial charge in [-0.15, -0.1) is 24.0 Å². The van der Waals surface area contributed by atoms with Gasteiger partial charge in [0.2, 0.25) is 0 Å². The minimum atomic E-state index is -0.207. The molecule has 2 rings (SSSR count). The molecular weight excluding hydrogens is 455 g/mol. The molecule has 1 aliphatic heterocycles. The first-order valence-corrected chi connectivity index (χ1v) is 9.48. The Bertz CT molecular complexity index is 628. The van der Waals surface area contributed by atoms with Crippen LogP contribution in [-0.4, -0.2) is 56.3 Å². The Morgan fingerprint density at radius 2 is 2.00 bits per heavy atom. The van der Waals surface area contributed by atoms with Crippen molar-refractivity contribution in [3.05, 3.63) is 34.9 Å². The monoisotopic (exact) mass is 488 g/mol. The minimum absolute atomic E-state index is 0. The Morgan fingerprint density at radius 1 is 1.30 bits per heavy atom. The number of hydrogen-bond acceptors (Lipinski definition) is 3. The van der Waals surface area contributed by atoms with Gasteiger partial charge in [-0.1, -0.05) is 23.8 Å². The quantitative estimate of drug-likeness (QED) is 0.380. The average molecular weight is 488 g/mol. The number of likely N-dealkylation sites (tertiary alicyclic amines) is 1. The third-order valence-electron chi connectivity index (χ3n) is 4.77. The number of nitrogens with zero attached hydrogens (tertiary/aromatic N) is 2.